The van der Waals surface area contributed by atoms with Gasteiger partial charge in [-0.2, -0.15) is 0 Å². The van der Waals surface area contributed by atoms with Gasteiger partial charge in [0.1, 0.15) is 0 Å². The molecule has 9 heavy (non-hydrogen) atoms. The second kappa shape index (κ2) is 0.741. The summed E-state index contributed by atoms with van der Waals surface area (Å²) in [6, 6.07) is 0. The van der Waals surface area contributed by atoms with Crippen LogP contribution in [0.4, 0.5) is 0 Å². The van der Waals surface area contributed by atoms with E-state index in [-0.39, 0.29) is 0 Å². The molecule has 0 bridgehead atoms. The fourth-order valence-corrected chi connectivity index (χ4v) is 3.85. The highest BCUT2D eigenvalue weighted by Gasteiger charge is 2.83. The number of rotatable bonds is 0. The SMILES string of the molecule is C1CC12CC1CC13CC23. The largest absolute Gasteiger partial charge is 0.0468 e. The quantitative estimate of drug-likeness (QED) is 0.459. The Morgan fingerprint density at radius 3 is 2.22 bits per heavy atom. The lowest BCUT2D eigenvalue weighted by Crippen LogP contribution is -1.99. The van der Waals surface area contributed by atoms with Crippen LogP contribution >= 0.6 is 0 Å². The monoisotopic (exact) mass is 120 g/mol. The van der Waals surface area contributed by atoms with Gasteiger partial charge in [0, 0.05) is 0 Å². The molecule has 0 aromatic rings. The van der Waals surface area contributed by atoms with Crippen LogP contribution in [0.1, 0.15) is 32.1 Å². The van der Waals surface area contributed by atoms with E-state index in [2.05, 4.69) is 0 Å². The molecule has 0 aromatic heterocycles. The van der Waals surface area contributed by atoms with Gasteiger partial charge >= 0.3 is 0 Å². The average molecular weight is 120 g/mol. The minimum Gasteiger partial charge on any atom is -0.0468 e. The van der Waals surface area contributed by atoms with Crippen molar-refractivity contribution in [2.24, 2.45) is 22.7 Å². The summed E-state index contributed by atoms with van der Waals surface area (Å²) in [5.41, 5.74) is 2.01. The molecule has 0 radical (unpaired) electrons. The summed E-state index contributed by atoms with van der Waals surface area (Å²) in [4.78, 5) is 0. The second-order valence-electron chi connectivity index (χ2n) is 4.96. The Bertz CT molecular complexity index is 202. The molecular weight excluding hydrogens is 108 g/mol. The predicted molar refractivity (Wildman–Crippen MR) is 34.9 cm³/mol. The lowest BCUT2D eigenvalue weighted by atomic mass is 9.97. The lowest BCUT2D eigenvalue weighted by Gasteiger charge is -2.07. The van der Waals surface area contributed by atoms with E-state index in [0.29, 0.717) is 0 Å². The Morgan fingerprint density at radius 2 is 1.89 bits per heavy atom. The summed E-state index contributed by atoms with van der Waals surface area (Å²) in [5.74, 6) is 2.50. The van der Waals surface area contributed by atoms with E-state index < -0.39 is 0 Å². The molecular formula is C9H12. The maximum absolute atomic E-state index is 1.65. The van der Waals surface area contributed by atoms with Crippen molar-refractivity contribution >= 4 is 0 Å². The fourth-order valence-electron chi connectivity index (χ4n) is 3.85. The van der Waals surface area contributed by atoms with Crippen LogP contribution in [0, 0.1) is 22.7 Å². The molecule has 0 N–H and O–H groups in total. The van der Waals surface area contributed by atoms with Gasteiger partial charge in [-0.25, -0.2) is 0 Å². The Labute approximate surface area is 55.6 Å². The number of hydrogen-bond donors (Lipinski definition) is 0. The van der Waals surface area contributed by atoms with Gasteiger partial charge in [0.25, 0.3) is 0 Å². The maximum Gasteiger partial charge on any atom is -0.0229 e. The highest BCUT2D eigenvalue weighted by atomic mass is 14.9. The van der Waals surface area contributed by atoms with Crippen molar-refractivity contribution in [3.8, 4) is 0 Å². The van der Waals surface area contributed by atoms with Crippen LogP contribution in [-0.4, -0.2) is 0 Å². The zero-order valence-electron chi connectivity index (χ0n) is 5.69. The van der Waals surface area contributed by atoms with Gasteiger partial charge in [-0.1, -0.05) is 0 Å². The Balaban J connectivity index is 1.90. The smallest absolute Gasteiger partial charge is 0.0229 e. The van der Waals surface area contributed by atoms with Crippen molar-refractivity contribution in [3.05, 3.63) is 0 Å². The molecule has 4 fully saturated rings. The first-order chi connectivity index (χ1) is 4.36. The zero-order chi connectivity index (χ0) is 5.69. The predicted octanol–water partition coefficient (Wildman–Crippen LogP) is 2.20. The van der Waals surface area contributed by atoms with Crippen LogP contribution < -0.4 is 0 Å². The van der Waals surface area contributed by atoms with Crippen LogP contribution in [0.3, 0.4) is 0 Å². The summed E-state index contributed by atoms with van der Waals surface area (Å²) in [6.07, 6.45) is 8.15. The van der Waals surface area contributed by atoms with E-state index in [4.69, 9.17) is 0 Å². The first kappa shape index (κ1) is 4.00. The first-order valence-electron chi connectivity index (χ1n) is 4.36. The molecule has 4 aliphatic rings. The normalized spacial score (nSPS) is 69.3. The van der Waals surface area contributed by atoms with Crippen molar-refractivity contribution in [3.63, 3.8) is 0 Å². The molecule has 2 spiro atoms. The molecule has 4 saturated carbocycles. The molecule has 3 atom stereocenters. The van der Waals surface area contributed by atoms with E-state index in [0.717, 1.165) is 10.8 Å². The summed E-state index contributed by atoms with van der Waals surface area (Å²) in [5, 5.41) is 0. The molecule has 0 nitrogen and oxygen atoms in total. The van der Waals surface area contributed by atoms with Crippen LogP contribution in [0.25, 0.3) is 0 Å². The molecule has 48 valence electrons. The van der Waals surface area contributed by atoms with Crippen LogP contribution in [0.5, 0.6) is 0 Å². The number of hydrogen-bond acceptors (Lipinski definition) is 0. The van der Waals surface area contributed by atoms with E-state index in [1.165, 1.54) is 11.8 Å². The highest BCUT2D eigenvalue weighted by Crippen LogP contribution is 2.91. The van der Waals surface area contributed by atoms with Crippen molar-refractivity contribution < 1.29 is 0 Å². The standard InChI is InChI=1S/C9H12/c1-2-8(1)3-6-4-9(6)5-7(8)9/h6-7H,1-5H2. The van der Waals surface area contributed by atoms with E-state index in [1.807, 2.05) is 0 Å². The lowest BCUT2D eigenvalue weighted by molar-refractivity contribution is 0.420. The zero-order valence-corrected chi connectivity index (χ0v) is 5.69. The van der Waals surface area contributed by atoms with E-state index in [1.54, 1.807) is 32.1 Å². The number of fused-ring (bicyclic) bond motifs is 1. The van der Waals surface area contributed by atoms with Crippen LogP contribution in [-0.2, 0) is 0 Å². The molecule has 0 aromatic carbocycles. The third-order valence-electron chi connectivity index (χ3n) is 4.68. The van der Waals surface area contributed by atoms with Crippen LogP contribution in [0.2, 0.25) is 0 Å². The van der Waals surface area contributed by atoms with E-state index >= 15 is 0 Å². The van der Waals surface area contributed by atoms with Crippen molar-refractivity contribution in [2.75, 3.05) is 0 Å². The molecule has 0 heteroatoms. The molecule has 0 heterocycles. The van der Waals surface area contributed by atoms with Crippen molar-refractivity contribution in [1.29, 1.82) is 0 Å². The van der Waals surface area contributed by atoms with Crippen LogP contribution in [0.15, 0.2) is 0 Å². The molecule has 4 aliphatic carbocycles. The Kier molecular flexibility index (Phi) is 0.329. The summed E-state index contributed by atoms with van der Waals surface area (Å²) in [7, 11) is 0. The van der Waals surface area contributed by atoms with Gasteiger partial charge < -0.3 is 0 Å². The van der Waals surface area contributed by atoms with Crippen molar-refractivity contribution in [1.82, 2.24) is 0 Å². The third kappa shape index (κ3) is 0.249. The van der Waals surface area contributed by atoms with Gasteiger partial charge in [0.15, 0.2) is 0 Å². The molecule has 0 saturated heterocycles. The Hall–Kier alpha value is 0. The fraction of sp³-hybridized carbons (Fsp3) is 1.00. The molecule has 0 amide bonds. The van der Waals surface area contributed by atoms with Gasteiger partial charge in [-0.3, -0.25) is 0 Å². The molecule has 3 unspecified atom stereocenters. The minimum absolute atomic E-state index is 0.989. The highest BCUT2D eigenvalue weighted by molar-refractivity contribution is 5.32. The van der Waals surface area contributed by atoms with Gasteiger partial charge in [0.2, 0.25) is 0 Å². The minimum atomic E-state index is 0.989. The third-order valence-corrected chi connectivity index (χ3v) is 4.68. The van der Waals surface area contributed by atoms with Gasteiger partial charge in [-0.15, -0.1) is 0 Å². The Morgan fingerprint density at radius 1 is 1.00 bits per heavy atom. The van der Waals surface area contributed by atoms with Gasteiger partial charge in [0.05, 0.1) is 0 Å². The van der Waals surface area contributed by atoms with E-state index in [9.17, 15) is 0 Å². The summed E-state index contributed by atoms with van der Waals surface area (Å²) < 4.78 is 0. The maximum atomic E-state index is 1.65. The van der Waals surface area contributed by atoms with Gasteiger partial charge in [-0.05, 0) is 54.8 Å². The molecule has 0 aliphatic heterocycles. The average Bonchev–Trinajstić information content (AvgIpc) is 2.61. The first-order valence-corrected chi connectivity index (χ1v) is 4.36. The summed E-state index contributed by atoms with van der Waals surface area (Å²) >= 11 is 0. The second-order valence-corrected chi connectivity index (χ2v) is 4.96. The molecule has 4 rings (SSSR count). The topological polar surface area (TPSA) is 0 Å². The van der Waals surface area contributed by atoms with Crippen molar-refractivity contribution in [2.45, 2.75) is 32.1 Å². The summed E-state index contributed by atoms with van der Waals surface area (Å²) in [6.45, 7) is 0.